The van der Waals surface area contributed by atoms with Crippen LogP contribution >= 0.6 is 11.6 Å². The highest BCUT2D eigenvalue weighted by atomic mass is 35.5. The molecule has 0 saturated carbocycles. The molecule has 0 bridgehead atoms. The first kappa shape index (κ1) is 21.7. The molecule has 33 heavy (non-hydrogen) atoms. The number of ether oxygens (including phenoxy) is 1. The molecular weight excluding hydrogens is 449 g/mol. The van der Waals surface area contributed by atoms with Crippen LogP contribution in [0.3, 0.4) is 0 Å². The van der Waals surface area contributed by atoms with Crippen molar-refractivity contribution in [3.05, 3.63) is 57.2 Å². The number of aromatic nitrogens is 2. The van der Waals surface area contributed by atoms with E-state index in [0.717, 1.165) is 13.1 Å². The molecule has 0 spiro atoms. The van der Waals surface area contributed by atoms with E-state index < -0.39 is 17.2 Å². The van der Waals surface area contributed by atoms with Gasteiger partial charge in [-0.1, -0.05) is 11.6 Å². The van der Waals surface area contributed by atoms with Crippen molar-refractivity contribution >= 4 is 39.9 Å². The number of hydrogen-bond donors (Lipinski definition) is 1. The molecule has 0 aliphatic carbocycles. The van der Waals surface area contributed by atoms with E-state index in [2.05, 4.69) is 15.2 Å². The zero-order chi connectivity index (χ0) is 23.3. The Morgan fingerprint density at radius 1 is 1.27 bits per heavy atom. The Morgan fingerprint density at radius 2 is 2.03 bits per heavy atom. The number of anilines is 2. The van der Waals surface area contributed by atoms with Crippen molar-refractivity contribution in [3.63, 3.8) is 0 Å². The summed E-state index contributed by atoms with van der Waals surface area (Å²) < 4.78 is 23.2. The zero-order valence-corrected chi connectivity index (χ0v) is 19.0. The second-order valence-corrected chi connectivity index (χ2v) is 8.91. The SMILES string of the molecule is C[C@H]1COc2c(N3CCN(C)CC3)c(F)cc3c(=O)c(C(=O)Nc4ccc(Cl)cn4)cn1c23. The van der Waals surface area contributed by atoms with Gasteiger partial charge in [-0.15, -0.1) is 0 Å². The fraction of sp³-hybridized carbons (Fsp3) is 0.348. The molecular formula is C23H23ClFN5O3. The van der Waals surface area contributed by atoms with Gasteiger partial charge in [-0.3, -0.25) is 9.59 Å². The predicted octanol–water partition coefficient (Wildman–Crippen LogP) is 3.15. The average molecular weight is 472 g/mol. The summed E-state index contributed by atoms with van der Waals surface area (Å²) in [6.45, 7) is 5.15. The lowest BCUT2D eigenvalue weighted by atomic mass is 10.0. The molecule has 0 unspecified atom stereocenters. The third-order valence-corrected chi connectivity index (χ3v) is 6.40. The molecule has 2 aromatic heterocycles. The summed E-state index contributed by atoms with van der Waals surface area (Å²) in [4.78, 5) is 34.4. The summed E-state index contributed by atoms with van der Waals surface area (Å²) in [5.74, 6) is -0.534. The normalized spacial score (nSPS) is 18.3. The van der Waals surface area contributed by atoms with Gasteiger partial charge >= 0.3 is 0 Å². The van der Waals surface area contributed by atoms with Crippen molar-refractivity contribution < 1.29 is 13.9 Å². The Kier molecular flexibility index (Phi) is 5.46. The molecule has 1 fully saturated rings. The molecule has 1 aromatic carbocycles. The minimum Gasteiger partial charge on any atom is -0.487 e. The maximum absolute atomic E-state index is 15.4. The molecule has 1 saturated heterocycles. The standard InChI is InChI=1S/C23H23ClFN5O3/c1-13-12-33-22-19-15(9-17(25)20(22)29-7-5-28(2)6-8-29)21(31)16(11-30(13)19)23(32)27-18-4-3-14(24)10-26-18/h3-4,9-11,13H,5-8,12H2,1-2H3,(H,26,27,32)/t13-/m0/s1. The number of carbonyl (C=O) groups excluding carboxylic acids is 1. The van der Waals surface area contributed by atoms with Crippen molar-refractivity contribution in [1.82, 2.24) is 14.5 Å². The molecule has 2 aliphatic rings. The third kappa shape index (κ3) is 3.81. The van der Waals surface area contributed by atoms with Crippen LogP contribution in [0.5, 0.6) is 5.75 Å². The molecule has 0 radical (unpaired) electrons. The number of amides is 1. The lowest BCUT2D eigenvalue weighted by Gasteiger charge is -2.37. The Balaban J connectivity index is 1.63. The van der Waals surface area contributed by atoms with Crippen molar-refractivity contribution in [1.29, 1.82) is 0 Å². The summed E-state index contributed by atoms with van der Waals surface area (Å²) >= 11 is 5.84. The van der Waals surface area contributed by atoms with Crippen molar-refractivity contribution in [2.75, 3.05) is 50.1 Å². The van der Waals surface area contributed by atoms with Gasteiger partial charge in [-0.25, -0.2) is 9.37 Å². The number of rotatable bonds is 3. The van der Waals surface area contributed by atoms with Gasteiger partial charge in [0.1, 0.15) is 23.7 Å². The van der Waals surface area contributed by atoms with E-state index in [4.69, 9.17) is 16.3 Å². The summed E-state index contributed by atoms with van der Waals surface area (Å²) in [6.07, 6.45) is 2.92. The Bertz CT molecular complexity index is 1300. The quantitative estimate of drug-likeness (QED) is 0.632. The zero-order valence-electron chi connectivity index (χ0n) is 18.3. The number of halogens is 2. The van der Waals surface area contributed by atoms with Crippen LogP contribution < -0.4 is 20.4 Å². The van der Waals surface area contributed by atoms with Gasteiger partial charge < -0.3 is 24.4 Å². The molecule has 5 rings (SSSR count). The van der Waals surface area contributed by atoms with Crippen LogP contribution in [0.15, 0.2) is 35.4 Å². The Morgan fingerprint density at radius 3 is 2.73 bits per heavy atom. The van der Waals surface area contributed by atoms with Crippen molar-refractivity contribution in [2.45, 2.75) is 13.0 Å². The molecule has 3 aromatic rings. The topological polar surface area (TPSA) is 79.7 Å². The largest absolute Gasteiger partial charge is 0.487 e. The van der Waals surface area contributed by atoms with Crippen LogP contribution in [-0.4, -0.2) is 60.2 Å². The van der Waals surface area contributed by atoms with E-state index in [1.165, 1.54) is 18.5 Å². The Labute approximate surface area is 194 Å². The number of nitrogens with zero attached hydrogens (tertiary/aromatic N) is 4. The monoisotopic (exact) mass is 471 g/mol. The van der Waals surface area contributed by atoms with E-state index in [1.54, 1.807) is 12.1 Å². The number of piperazine rings is 1. The molecule has 172 valence electrons. The number of pyridine rings is 2. The molecule has 2 aliphatic heterocycles. The number of carbonyl (C=O) groups is 1. The van der Waals surface area contributed by atoms with Gasteiger partial charge in [0.05, 0.1) is 22.0 Å². The van der Waals surface area contributed by atoms with Gasteiger partial charge in [-0.2, -0.15) is 0 Å². The van der Waals surface area contributed by atoms with Gasteiger partial charge in [0.15, 0.2) is 11.6 Å². The summed E-state index contributed by atoms with van der Waals surface area (Å²) in [7, 11) is 2.03. The maximum Gasteiger partial charge on any atom is 0.262 e. The Hall–Kier alpha value is -3.17. The second-order valence-electron chi connectivity index (χ2n) is 8.48. The first-order valence-corrected chi connectivity index (χ1v) is 11.1. The third-order valence-electron chi connectivity index (χ3n) is 6.18. The van der Waals surface area contributed by atoms with E-state index in [0.29, 0.717) is 41.7 Å². The molecule has 1 N–H and O–H groups in total. The first-order valence-electron chi connectivity index (χ1n) is 10.7. The first-order chi connectivity index (χ1) is 15.8. The van der Waals surface area contributed by atoms with Gasteiger partial charge in [0.2, 0.25) is 5.43 Å². The molecule has 4 heterocycles. The fourth-order valence-electron chi connectivity index (χ4n) is 4.33. The lowest BCUT2D eigenvalue weighted by molar-refractivity contribution is 0.102. The van der Waals surface area contributed by atoms with E-state index in [-0.39, 0.29) is 22.8 Å². The highest BCUT2D eigenvalue weighted by molar-refractivity contribution is 6.30. The van der Waals surface area contributed by atoms with Gasteiger partial charge in [-0.05, 0) is 32.2 Å². The highest BCUT2D eigenvalue weighted by Gasteiger charge is 2.31. The van der Waals surface area contributed by atoms with E-state index in [1.807, 2.05) is 23.4 Å². The van der Waals surface area contributed by atoms with Gasteiger partial charge in [0, 0.05) is 38.6 Å². The van der Waals surface area contributed by atoms with Crippen LogP contribution in [0.1, 0.15) is 23.3 Å². The fourth-order valence-corrected chi connectivity index (χ4v) is 4.44. The maximum atomic E-state index is 15.4. The summed E-state index contributed by atoms with van der Waals surface area (Å²) in [5, 5.41) is 3.15. The molecule has 1 atom stereocenters. The van der Waals surface area contributed by atoms with Crippen LogP contribution in [-0.2, 0) is 0 Å². The minimum absolute atomic E-state index is 0.0919. The summed E-state index contributed by atoms with van der Waals surface area (Å²) in [5.41, 5.74) is 0.231. The lowest BCUT2D eigenvalue weighted by Crippen LogP contribution is -2.45. The van der Waals surface area contributed by atoms with Crippen molar-refractivity contribution in [3.8, 4) is 5.75 Å². The number of nitrogens with one attached hydrogen (secondary N) is 1. The van der Waals surface area contributed by atoms with Crippen LogP contribution in [0.25, 0.3) is 10.9 Å². The van der Waals surface area contributed by atoms with Crippen LogP contribution in [0, 0.1) is 5.82 Å². The van der Waals surface area contributed by atoms with Crippen LogP contribution in [0.4, 0.5) is 15.9 Å². The average Bonchev–Trinajstić information content (AvgIpc) is 2.79. The number of benzene rings is 1. The van der Waals surface area contributed by atoms with E-state index in [9.17, 15) is 9.59 Å². The molecule has 10 heteroatoms. The number of hydrogen-bond acceptors (Lipinski definition) is 6. The van der Waals surface area contributed by atoms with Crippen LogP contribution in [0.2, 0.25) is 5.02 Å². The minimum atomic E-state index is -0.621. The molecule has 1 amide bonds. The van der Waals surface area contributed by atoms with E-state index >= 15 is 4.39 Å². The van der Waals surface area contributed by atoms with Gasteiger partial charge in [0.25, 0.3) is 5.91 Å². The molecule has 8 nitrogen and oxygen atoms in total. The smallest absolute Gasteiger partial charge is 0.262 e. The highest BCUT2D eigenvalue weighted by Crippen LogP contribution is 2.42. The number of likely N-dealkylation sites (N-methyl/N-ethyl adjacent to an activating group) is 1. The predicted molar refractivity (Wildman–Crippen MR) is 125 cm³/mol. The van der Waals surface area contributed by atoms with Crippen molar-refractivity contribution in [2.24, 2.45) is 0 Å². The summed E-state index contributed by atoms with van der Waals surface area (Å²) in [6, 6.07) is 4.21. The second kappa shape index (κ2) is 8.31.